The highest BCUT2D eigenvalue weighted by Crippen LogP contribution is 2.27. The predicted octanol–water partition coefficient (Wildman–Crippen LogP) is 1.71. The SMILES string of the molecule is NC1CCCN(c2cc(Cl)nnc2Cl)C1. The van der Waals surface area contributed by atoms with Crippen LogP contribution in [0.5, 0.6) is 0 Å². The first-order chi connectivity index (χ1) is 7.16. The molecule has 1 aromatic heterocycles. The molecule has 15 heavy (non-hydrogen) atoms. The van der Waals surface area contributed by atoms with Crippen molar-refractivity contribution >= 4 is 28.9 Å². The summed E-state index contributed by atoms with van der Waals surface area (Å²) >= 11 is 11.7. The van der Waals surface area contributed by atoms with E-state index in [-0.39, 0.29) is 6.04 Å². The number of nitrogens with two attached hydrogens (primary N) is 1. The van der Waals surface area contributed by atoms with Crippen LogP contribution in [-0.4, -0.2) is 29.3 Å². The van der Waals surface area contributed by atoms with Gasteiger partial charge in [-0.25, -0.2) is 0 Å². The molecular weight excluding hydrogens is 235 g/mol. The van der Waals surface area contributed by atoms with Crippen LogP contribution in [-0.2, 0) is 0 Å². The van der Waals surface area contributed by atoms with Crippen molar-refractivity contribution in [1.29, 1.82) is 0 Å². The van der Waals surface area contributed by atoms with Crippen LogP contribution in [0.25, 0.3) is 0 Å². The summed E-state index contributed by atoms with van der Waals surface area (Å²) in [6, 6.07) is 1.93. The molecule has 0 aromatic carbocycles. The van der Waals surface area contributed by atoms with Crippen molar-refractivity contribution in [2.45, 2.75) is 18.9 Å². The molecule has 0 spiro atoms. The fraction of sp³-hybridized carbons (Fsp3) is 0.556. The number of anilines is 1. The third-order valence-corrected chi connectivity index (χ3v) is 2.95. The van der Waals surface area contributed by atoms with Crippen LogP contribution in [0.1, 0.15) is 12.8 Å². The second-order valence-electron chi connectivity index (χ2n) is 3.69. The monoisotopic (exact) mass is 246 g/mol. The topological polar surface area (TPSA) is 55.0 Å². The van der Waals surface area contributed by atoms with E-state index >= 15 is 0 Å². The van der Waals surface area contributed by atoms with Gasteiger partial charge in [0.25, 0.3) is 0 Å². The highest BCUT2D eigenvalue weighted by atomic mass is 35.5. The van der Waals surface area contributed by atoms with E-state index in [1.165, 1.54) is 0 Å². The Kier molecular flexibility index (Phi) is 3.29. The average molecular weight is 247 g/mol. The van der Waals surface area contributed by atoms with Crippen molar-refractivity contribution in [3.63, 3.8) is 0 Å². The zero-order valence-electron chi connectivity index (χ0n) is 8.16. The quantitative estimate of drug-likeness (QED) is 0.820. The van der Waals surface area contributed by atoms with Gasteiger partial charge in [-0.15, -0.1) is 10.2 Å². The van der Waals surface area contributed by atoms with Gasteiger partial charge >= 0.3 is 0 Å². The normalized spacial score (nSPS) is 21.8. The molecule has 0 aliphatic carbocycles. The number of hydrogen-bond acceptors (Lipinski definition) is 4. The second-order valence-corrected chi connectivity index (χ2v) is 4.44. The number of nitrogens with zero attached hydrogens (tertiary/aromatic N) is 3. The first-order valence-corrected chi connectivity index (χ1v) is 5.61. The van der Waals surface area contributed by atoms with Crippen LogP contribution < -0.4 is 10.6 Å². The van der Waals surface area contributed by atoms with Gasteiger partial charge in [0.05, 0.1) is 5.69 Å². The van der Waals surface area contributed by atoms with Gasteiger partial charge in [0.15, 0.2) is 10.3 Å². The lowest BCUT2D eigenvalue weighted by atomic mass is 10.1. The fourth-order valence-corrected chi connectivity index (χ4v) is 2.15. The highest BCUT2D eigenvalue weighted by molar-refractivity contribution is 6.33. The van der Waals surface area contributed by atoms with E-state index in [0.717, 1.165) is 31.6 Å². The van der Waals surface area contributed by atoms with Gasteiger partial charge in [-0.3, -0.25) is 0 Å². The van der Waals surface area contributed by atoms with Gasteiger partial charge < -0.3 is 10.6 Å². The van der Waals surface area contributed by atoms with Crippen LogP contribution >= 0.6 is 23.2 Å². The summed E-state index contributed by atoms with van der Waals surface area (Å²) in [5.74, 6) is 0. The van der Waals surface area contributed by atoms with Crippen molar-refractivity contribution < 1.29 is 0 Å². The van der Waals surface area contributed by atoms with Crippen LogP contribution in [0.4, 0.5) is 5.69 Å². The Morgan fingerprint density at radius 1 is 1.40 bits per heavy atom. The maximum Gasteiger partial charge on any atom is 0.175 e. The Labute approximate surface area is 98.4 Å². The molecule has 1 saturated heterocycles. The summed E-state index contributed by atoms with van der Waals surface area (Å²) in [7, 11) is 0. The summed E-state index contributed by atoms with van der Waals surface area (Å²) in [6.45, 7) is 1.73. The maximum absolute atomic E-state index is 5.96. The largest absolute Gasteiger partial charge is 0.367 e. The smallest absolute Gasteiger partial charge is 0.175 e. The predicted molar refractivity (Wildman–Crippen MR) is 61.5 cm³/mol. The zero-order valence-corrected chi connectivity index (χ0v) is 9.67. The number of piperidine rings is 1. The zero-order chi connectivity index (χ0) is 10.8. The fourth-order valence-electron chi connectivity index (χ4n) is 1.79. The van der Waals surface area contributed by atoms with E-state index in [0.29, 0.717) is 10.3 Å². The Bertz CT molecular complexity index is 358. The Hall–Kier alpha value is -0.580. The molecule has 1 atom stereocenters. The van der Waals surface area contributed by atoms with Gasteiger partial charge in [-0.05, 0) is 12.8 Å². The minimum absolute atomic E-state index is 0.196. The number of rotatable bonds is 1. The molecule has 2 heterocycles. The van der Waals surface area contributed by atoms with E-state index in [1.54, 1.807) is 6.07 Å². The van der Waals surface area contributed by atoms with Gasteiger partial charge in [0, 0.05) is 25.2 Å². The van der Waals surface area contributed by atoms with Crippen molar-refractivity contribution in [3.05, 3.63) is 16.4 Å². The molecule has 1 aliphatic rings. The van der Waals surface area contributed by atoms with Crippen LogP contribution in [0.15, 0.2) is 6.07 Å². The van der Waals surface area contributed by atoms with E-state index < -0.39 is 0 Å². The molecule has 0 radical (unpaired) electrons. The van der Waals surface area contributed by atoms with Crippen LogP contribution in [0, 0.1) is 0 Å². The van der Waals surface area contributed by atoms with E-state index in [1.807, 2.05) is 0 Å². The third kappa shape index (κ3) is 2.51. The first-order valence-electron chi connectivity index (χ1n) is 4.86. The van der Waals surface area contributed by atoms with E-state index in [4.69, 9.17) is 28.9 Å². The average Bonchev–Trinajstić information content (AvgIpc) is 2.22. The molecule has 4 nitrogen and oxygen atoms in total. The van der Waals surface area contributed by atoms with Crippen molar-refractivity contribution in [2.24, 2.45) is 5.73 Å². The van der Waals surface area contributed by atoms with Crippen molar-refractivity contribution in [1.82, 2.24) is 10.2 Å². The Balaban J connectivity index is 2.24. The van der Waals surface area contributed by atoms with Crippen molar-refractivity contribution in [2.75, 3.05) is 18.0 Å². The molecule has 0 saturated carbocycles. The lowest BCUT2D eigenvalue weighted by Gasteiger charge is -2.32. The van der Waals surface area contributed by atoms with Crippen LogP contribution in [0.2, 0.25) is 10.3 Å². The van der Waals surface area contributed by atoms with Gasteiger partial charge in [-0.2, -0.15) is 0 Å². The molecule has 2 N–H and O–H groups in total. The summed E-state index contributed by atoms with van der Waals surface area (Å²) in [4.78, 5) is 2.11. The second kappa shape index (κ2) is 4.51. The van der Waals surface area contributed by atoms with E-state index in [9.17, 15) is 0 Å². The standard InChI is InChI=1S/C9H12Cl2N4/c10-8-4-7(9(11)14-13-8)15-3-1-2-6(12)5-15/h4,6H,1-3,5,12H2. The number of aromatic nitrogens is 2. The number of halogens is 2. The molecular formula is C9H12Cl2N4. The molecule has 1 unspecified atom stereocenters. The maximum atomic E-state index is 5.96. The summed E-state index contributed by atoms with van der Waals surface area (Å²) < 4.78 is 0. The van der Waals surface area contributed by atoms with Gasteiger partial charge in [-0.1, -0.05) is 23.2 Å². The minimum atomic E-state index is 0.196. The lowest BCUT2D eigenvalue weighted by Crippen LogP contribution is -2.43. The molecule has 1 fully saturated rings. The van der Waals surface area contributed by atoms with Gasteiger partial charge in [0.1, 0.15) is 0 Å². The Morgan fingerprint density at radius 2 is 2.20 bits per heavy atom. The first kappa shape index (κ1) is 10.9. The highest BCUT2D eigenvalue weighted by Gasteiger charge is 2.19. The summed E-state index contributed by atoms with van der Waals surface area (Å²) in [5.41, 5.74) is 6.72. The molecule has 1 aliphatic heterocycles. The minimum Gasteiger partial charge on any atom is -0.367 e. The lowest BCUT2D eigenvalue weighted by molar-refractivity contribution is 0.505. The third-order valence-electron chi connectivity index (χ3n) is 2.50. The van der Waals surface area contributed by atoms with Crippen LogP contribution in [0.3, 0.4) is 0 Å². The summed E-state index contributed by atoms with van der Waals surface area (Å²) in [6.07, 6.45) is 2.12. The van der Waals surface area contributed by atoms with Gasteiger partial charge in [0.2, 0.25) is 0 Å². The van der Waals surface area contributed by atoms with Crippen molar-refractivity contribution in [3.8, 4) is 0 Å². The summed E-state index contributed by atoms with van der Waals surface area (Å²) in [5, 5.41) is 8.20. The molecule has 0 bridgehead atoms. The molecule has 0 amide bonds. The molecule has 6 heteroatoms. The van der Waals surface area contributed by atoms with E-state index in [2.05, 4.69) is 15.1 Å². The number of hydrogen-bond donors (Lipinski definition) is 1. The molecule has 2 rings (SSSR count). The molecule has 82 valence electrons. The molecule has 1 aromatic rings. The Morgan fingerprint density at radius 3 is 2.93 bits per heavy atom.